The smallest absolute Gasteiger partial charge is 0.0941 e. The van der Waals surface area contributed by atoms with Gasteiger partial charge in [-0.2, -0.15) is 11.8 Å². The zero-order chi connectivity index (χ0) is 10.5. The van der Waals surface area contributed by atoms with E-state index in [-0.39, 0.29) is 0 Å². The van der Waals surface area contributed by atoms with Gasteiger partial charge < -0.3 is 5.73 Å². The lowest BCUT2D eigenvalue weighted by atomic mass is 10.4. The normalized spacial score (nSPS) is 18.2. The van der Waals surface area contributed by atoms with Crippen molar-refractivity contribution in [3.05, 3.63) is 16.1 Å². The van der Waals surface area contributed by atoms with Gasteiger partial charge in [-0.05, 0) is 6.54 Å². The maximum Gasteiger partial charge on any atom is 0.0941 e. The van der Waals surface area contributed by atoms with Crippen LogP contribution >= 0.6 is 23.1 Å². The second-order valence-corrected chi connectivity index (χ2v) is 5.83. The van der Waals surface area contributed by atoms with Crippen molar-refractivity contribution in [3.63, 3.8) is 0 Å². The van der Waals surface area contributed by atoms with Gasteiger partial charge in [0.25, 0.3) is 0 Å². The summed E-state index contributed by atoms with van der Waals surface area (Å²) in [4.78, 5) is 7.07. The highest BCUT2D eigenvalue weighted by atomic mass is 32.2. The number of thiazole rings is 1. The van der Waals surface area contributed by atoms with Crippen LogP contribution < -0.4 is 5.73 Å². The molecule has 0 spiro atoms. The van der Waals surface area contributed by atoms with Gasteiger partial charge in [-0.25, -0.2) is 4.98 Å². The first-order chi connectivity index (χ1) is 7.38. The highest BCUT2D eigenvalue weighted by molar-refractivity contribution is 7.99. The number of hydrogen-bond donors (Lipinski definition) is 1. The first-order valence-electron chi connectivity index (χ1n) is 5.32. The van der Waals surface area contributed by atoms with Crippen LogP contribution in [0.4, 0.5) is 0 Å². The summed E-state index contributed by atoms with van der Waals surface area (Å²) in [5.41, 5.74) is 6.73. The SMILES string of the molecule is NCCc1nc(CN2CCSCC2)cs1. The maximum atomic E-state index is 5.51. The molecule has 0 saturated carbocycles. The molecule has 0 atom stereocenters. The van der Waals surface area contributed by atoms with Gasteiger partial charge in [0.1, 0.15) is 0 Å². The highest BCUT2D eigenvalue weighted by Gasteiger charge is 2.12. The molecule has 1 fully saturated rings. The van der Waals surface area contributed by atoms with Gasteiger partial charge in [0.05, 0.1) is 10.7 Å². The lowest BCUT2D eigenvalue weighted by molar-refractivity contribution is 0.291. The molecule has 1 saturated heterocycles. The van der Waals surface area contributed by atoms with E-state index in [0.29, 0.717) is 6.54 Å². The Labute approximate surface area is 99.1 Å². The average Bonchev–Trinajstić information content (AvgIpc) is 2.68. The molecule has 1 aliphatic rings. The third-order valence-corrected chi connectivity index (χ3v) is 4.35. The molecule has 1 aromatic heterocycles. The van der Waals surface area contributed by atoms with Gasteiger partial charge in [-0.3, -0.25) is 4.90 Å². The summed E-state index contributed by atoms with van der Waals surface area (Å²) < 4.78 is 0. The fourth-order valence-corrected chi connectivity index (χ4v) is 3.43. The quantitative estimate of drug-likeness (QED) is 0.863. The van der Waals surface area contributed by atoms with E-state index < -0.39 is 0 Å². The van der Waals surface area contributed by atoms with E-state index in [9.17, 15) is 0 Å². The predicted octanol–water partition coefficient (Wildman–Crippen LogP) is 1.19. The molecule has 1 aliphatic heterocycles. The number of thioether (sulfide) groups is 1. The van der Waals surface area contributed by atoms with Crippen LogP contribution in [-0.2, 0) is 13.0 Å². The van der Waals surface area contributed by atoms with E-state index in [1.54, 1.807) is 11.3 Å². The predicted molar refractivity (Wildman–Crippen MR) is 67.5 cm³/mol. The zero-order valence-corrected chi connectivity index (χ0v) is 10.4. The molecule has 2 N–H and O–H groups in total. The molecule has 1 aromatic rings. The standard InChI is InChI=1S/C10H17N3S2/c11-2-1-10-12-9(8-15-10)7-13-3-5-14-6-4-13/h8H,1-7,11H2. The van der Waals surface area contributed by atoms with Crippen LogP contribution in [0.2, 0.25) is 0 Å². The third kappa shape index (κ3) is 3.45. The molecule has 0 unspecified atom stereocenters. The van der Waals surface area contributed by atoms with Crippen LogP contribution in [0.15, 0.2) is 5.38 Å². The Bertz CT molecular complexity index is 295. The largest absolute Gasteiger partial charge is 0.330 e. The van der Waals surface area contributed by atoms with Gasteiger partial charge in [0.2, 0.25) is 0 Å². The molecular formula is C10H17N3S2. The Morgan fingerprint density at radius 1 is 1.40 bits per heavy atom. The monoisotopic (exact) mass is 243 g/mol. The van der Waals surface area contributed by atoms with E-state index in [4.69, 9.17) is 5.73 Å². The molecule has 5 heteroatoms. The molecule has 2 rings (SSSR count). The summed E-state index contributed by atoms with van der Waals surface area (Å²) in [6, 6.07) is 0. The Morgan fingerprint density at radius 3 is 2.93 bits per heavy atom. The second-order valence-electron chi connectivity index (χ2n) is 3.66. The second kappa shape index (κ2) is 5.84. The van der Waals surface area contributed by atoms with E-state index in [2.05, 4.69) is 15.3 Å². The fraction of sp³-hybridized carbons (Fsp3) is 0.700. The van der Waals surface area contributed by atoms with Crippen LogP contribution in [0.3, 0.4) is 0 Å². The minimum Gasteiger partial charge on any atom is -0.330 e. The van der Waals surface area contributed by atoms with E-state index in [1.165, 1.54) is 35.3 Å². The zero-order valence-electron chi connectivity index (χ0n) is 8.82. The van der Waals surface area contributed by atoms with Crippen LogP contribution in [0.25, 0.3) is 0 Å². The van der Waals surface area contributed by atoms with Crippen LogP contribution in [0.1, 0.15) is 10.7 Å². The Morgan fingerprint density at radius 2 is 2.20 bits per heavy atom. The van der Waals surface area contributed by atoms with Crippen molar-refractivity contribution in [1.29, 1.82) is 0 Å². The summed E-state index contributed by atoms with van der Waals surface area (Å²) in [7, 11) is 0. The average molecular weight is 243 g/mol. The molecule has 0 bridgehead atoms. The molecule has 0 radical (unpaired) electrons. The number of aromatic nitrogens is 1. The molecule has 84 valence electrons. The van der Waals surface area contributed by atoms with Gasteiger partial charge in [-0.1, -0.05) is 0 Å². The molecule has 0 aliphatic carbocycles. The molecule has 0 aromatic carbocycles. The first-order valence-corrected chi connectivity index (χ1v) is 7.35. The van der Waals surface area contributed by atoms with Crippen molar-refractivity contribution in [2.24, 2.45) is 5.73 Å². The number of nitrogens with zero attached hydrogens (tertiary/aromatic N) is 2. The minimum absolute atomic E-state index is 0.702. The van der Waals surface area contributed by atoms with Crippen molar-refractivity contribution in [2.45, 2.75) is 13.0 Å². The van der Waals surface area contributed by atoms with Crippen molar-refractivity contribution < 1.29 is 0 Å². The molecule has 15 heavy (non-hydrogen) atoms. The van der Waals surface area contributed by atoms with Crippen LogP contribution in [0.5, 0.6) is 0 Å². The maximum absolute atomic E-state index is 5.51. The lowest BCUT2D eigenvalue weighted by Crippen LogP contribution is -2.32. The van der Waals surface area contributed by atoms with Crippen molar-refractivity contribution in [1.82, 2.24) is 9.88 Å². The summed E-state index contributed by atoms with van der Waals surface area (Å²) in [6.45, 7) is 4.12. The lowest BCUT2D eigenvalue weighted by Gasteiger charge is -2.25. The van der Waals surface area contributed by atoms with Crippen molar-refractivity contribution >= 4 is 23.1 Å². The van der Waals surface area contributed by atoms with Gasteiger partial charge >= 0.3 is 0 Å². The molecule has 2 heterocycles. The Hall–Kier alpha value is -0.100. The Kier molecular flexibility index (Phi) is 4.43. The molecule has 0 amide bonds. The van der Waals surface area contributed by atoms with Gasteiger partial charge in [-0.15, -0.1) is 11.3 Å². The van der Waals surface area contributed by atoms with Gasteiger partial charge in [0.15, 0.2) is 0 Å². The van der Waals surface area contributed by atoms with Crippen LogP contribution in [-0.4, -0.2) is 41.0 Å². The summed E-state index contributed by atoms with van der Waals surface area (Å²) in [5.74, 6) is 2.53. The highest BCUT2D eigenvalue weighted by Crippen LogP contribution is 2.15. The summed E-state index contributed by atoms with van der Waals surface area (Å²) in [6.07, 6.45) is 0.917. The molecule has 3 nitrogen and oxygen atoms in total. The summed E-state index contributed by atoms with van der Waals surface area (Å²) >= 11 is 3.79. The van der Waals surface area contributed by atoms with Crippen molar-refractivity contribution in [2.75, 3.05) is 31.1 Å². The van der Waals surface area contributed by atoms with Crippen molar-refractivity contribution in [3.8, 4) is 0 Å². The number of hydrogen-bond acceptors (Lipinski definition) is 5. The number of rotatable bonds is 4. The number of nitrogens with two attached hydrogens (primary N) is 1. The van der Waals surface area contributed by atoms with E-state index in [1.807, 2.05) is 11.8 Å². The first kappa shape index (κ1) is 11.4. The summed E-state index contributed by atoms with van der Waals surface area (Å²) in [5, 5.41) is 3.35. The van der Waals surface area contributed by atoms with Gasteiger partial charge in [0, 0.05) is 42.9 Å². The fourth-order valence-electron chi connectivity index (χ4n) is 1.65. The van der Waals surface area contributed by atoms with E-state index in [0.717, 1.165) is 13.0 Å². The van der Waals surface area contributed by atoms with E-state index >= 15 is 0 Å². The Balaban J connectivity index is 1.86. The minimum atomic E-state index is 0.702. The molecular weight excluding hydrogens is 226 g/mol. The third-order valence-electron chi connectivity index (χ3n) is 2.45. The van der Waals surface area contributed by atoms with Crippen LogP contribution in [0, 0.1) is 0 Å². The topological polar surface area (TPSA) is 42.1 Å².